The van der Waals surface area contributed by atoms with Crippen LogP contribution >= 0.6 is 7.60 Å². The van der Waals surface area contributed by atoms with Crippen LogP contribution in [0.2, 0.25) is 19.6 Å². The summed E-state index contributed by atoms with van der Waals surface area (Å²) in [5.74, 6) is 0.225. The second-order valence-electron chi connectivity index (χ2n) is 7.29. The molecule has 0 aromatic heterocycles. The van der Waals surface area contributed by atoms with Gasteiger partial charge in [0.2, 0.25) is 8.32 Å². The molecule has 0 spiro atoms. The Labute approximate surface area is 160 Å². The molecule has 0 N–H and O–H groups in total. The lowest BCUT2D eigenvalue weighted by atomic mass is 9.95. The molecule has 4 nitrogen and oxygen atoms in total. The van der Waals surface area contributed by atoms with E-state index in [-0.39, 0.29) is 5.92 Å². The van der Waals surface area contributed by atoms with Crippen molar-refractivity contribution in [2.45, 2.75) is 59.7 Å². The highest BCUT2D eigenvalue weighted by molar-refractivity contribution is 7.58. The SMILES string of the molecule is CCCC(/C=C(\O[Si](C)(C)C)P(=O)(OCC)OCC)Cc1ccccc1. The first-order valence-corrected chi connectivity index (χ1v) is 14.5. The summed E-state index contributed by atoms with van der Waals surface area (Å²) in [5.41, 5.74) is 1.66. The zero-order valence-corrected chi connectivity index (χ0v) is 19.1. The van der Waals surface area contributed by atoms with Gasteiger partial charge in [-0.05, 0) is 63.9 Å². The molecule has 0 radical (unpaired) electrons. The van der Waals surface area contributed by atoms with E-state index in [1.807, 2.05) is 38.1 Å². The molecule has 0 aliphatic carbocycles. The van der Waals surface area contributed by atoms with Crippen LogP contribution in [0.3, 0.4) is 0 Å². The van der Waals surface area contributed by atoms with E-state index in [0.717, 1.165) is 19.3 Å². The zero-order chi connectivity index (χ0) is 19.6. The van der Waals surface area contributed by atoms with Gasteiger partial charge in [-0.1, -0.05) is 43.7 Å². The largest absolute Gasteiger partial charge is 0.539 e. The van der Waals surface area contributed by atoms with Crippen molar-refractivity contribution < 1.29 is 18.0 Å². The van der Waals surface area contributed by atoms with Gasteiger partial charge in [-0.2, -0.15) is 0 Å². The highest BCUT2D eigenvalue weighted by atomic mass is 31.2. The average molecular weight is 399 g/mol. The minimum Gasteiger partial charge on any atom is -0.539 e. The van der Waals surface area contributed by atoms with Crippen molar-refractivity contribution in [3.8, 4) is 0 Å². The molecule has 6 heteroatoms. The molecule has 1 aromatic rings. The Morgan fingerprint density at radius 1 is 1.08 bits per heavy atom. The third kappa shape index (κ3) is 8.21. The first-order chi connectivity index (χ1) is 12.2. The predicted molar refractivity (Wildman–Crippen MR) is 112 cm³/mol. The van der Waals surface area contributed by atoms with Crippen LogP contribution in [-0.2, 0) is 24.5 Å². The van der Waals surface area contributed by atoms with E-state index in [1.54, 1.807) is 0 Å². The molecule has 0 heterocycles. The lowest BCUT2D eigenvalue weighted by Gasteiger charge is -2.28. The summed E-state index contributed by atoms with van der Waals surface area (Å²) in [6, 6.07) is 10.4. The normalized spacial score (nSPS) is 14.3. The maximum Gasteiger partial charge on any atom is 0.393 e. The van der Waals surface area contributed by atoms with Gasteiger partial charge in [0.15, 0.2) is 5.50 Å². The Morgan fingerprint density at radius 2 is 1.65 bits per heavy atom. The first kappa shape index (κ1) is 23.2. The molecule has 1 unspecified atom stereocenters. The molecule has 1 aromatic carbocycles. The lowest BCUT2D eigenvalue weighted by Crippen LogP contribution is -2.26. The Balaban J connectivity index is 3.23. The Bertz CT molecular complexity index is 586. The van der Waals surface area contributed by atoms with Crippen molar-refractivity contribution >= 4 is 15.9 Å². The summed E-state index contributed by atoms with van der Waals surface area (Å²) in [7, 11) is -5.41. The standard InChI is InChI=1S/C20H35O4PSi/c1-7-13-19(16-18-14-11-10-12-15-18)17-20(24-26(4,5)6)25(21,22-8-2)23-9-3/h10-12,14-15,17,19H,7-9,13,16H2,1-6H3/b20-17+. The van der Waals surface area contributed by atoms with E-state index in [0.29, 0.717) is 18.7 Å². The molecule has 0 saturated carbocycles. The number of rotatable bonds is 12. The highest BCUT2D eigenvalue weighted by Gasteiger charge is 2.35. The van der Waals surface area contributed by atoms with Crippen LogP contribution in [0.5, 0.6) is 0 Å². The van der Waals surface area contributed by atoms with Crippen LogP contribution in [0, 0.1) is 5.92 Å². The summed E-state index contributed by atoms with van der Waals surface area (Å²) in [6.07, 6.45) is 4.92. The van der Waals surface area contributed by atoms with E-state index in [9.17, 15) is 4.57 Å². The zero-order valence-electron chi connectivity index (χ0n) is 17.2. The quantitative estimate of drug-likeness (QED) is 0.226. The molecular formula is C20H35O4PSi. The third-order valence-electron chi connectivity index (χ3n) is 3.66. The van der Waals surface area contributed by atoms with Crippen molar-refractivity contribution in [3.05, 3.63) is 47.5 Å². The molecule has 1 rings (SSSR count). The van der Waals surface area contributed by atoms with Crippen molar-refractivity contribution in [2.24, 2.45) is 5.92 Å². The van der Waals surface area contributed by atoms with Crippen molar-refractivity contribution in [3.63, 3.8) is 0 Å². The van der Waals surface area contributed by atoms with Gasteiger partial charge in [-0.15, -0.1) is 0 Å². The highest BCUT2D eigenvalue weighted by Crippen LogP contribution is 2.57. The Morgan fingerprint density at radius 3 is 2.12 bits per heavy atom. The second kappa shape index (κ2) is 11.1. The monoisotopic (exact) mass is 398 g/mol. The molecule has 0 aliphatic rings. The van der Waals surface area contributed by atoms with Gasteiger partial charge in [-0.25, -0.2) is 0 Å². The van der Waals surface area contributed by atoms with Gasteiger partial charge in [0.05, 0.1) is 13.2 Å². The van der Waals surface area contributed by atoms with Gasteiger partial charge in [0.1, 0.15) is 0 Å². The van der Waals surface area contributed by atoms with Crippen LogP contribution in [0.1, 0.15) is 39.2 Å². The van der Waals surface area contributed by atoms with Crippen molar-refractivity contribution in [1.29, 1.82) is 0 Å². The molecule has 1 atom stereocenters. The summed E-state index contributed by atoms with van der Waals surface area (Å²) in [6.45, 7) is 12.7. The number of hydrogen-bond donors (Lipinski definition) is 0. The van der Waals surface area contributed by atoms with Crippen molar-refractivity contribution in [2.75, 3.05) is 13.2 Å². The van der Waals surface area contributed by atoms with Crippen LogP contribution in [0.4, 0.5) is 0 Å². The molecule has 0 amide bonds. The predicted octanol–water partition coefficient (Wildman–Crippen LogP) is 6.60. The smallest absolute Gasteiger partial charge is 0.393 e. The molecule has 0 fully saturated rings. The topological polar surface area (TPSA) is 44.8 Å². The summed E-state index contributed by atoms with van der Waals surface area (Å²) in [4.78, 5) is 0. The molecule has 0 bridgehead atoms. The van der Waals surface area contributed by atoms with Crippen LogP contribution in [0.15, 0.2) is 41.9 Å². The summed E-state index contributed by atoms with van der Waals surface area (Å²) in [5, 5.41) is 0. The van der Waals surface area contributed by atoms with Gasteiger partial charge in [0.25, 0.3) is 0 Å². The molecule has 26 heavy (non-hydrogen) atoms. The number of benzene rings is 1. The van der Waals surface area contributed by atoms with E-state index in [1.165, 1.54) is 5.56 Å². The summed E-state index contributed by atoms with van der Waals surface area (Å²) >= 11 is 0. The minimum atomic E-state index is -3.43. The fraction of sp³-hybridized carbons (Fsp3) is 0.600. The minimum absolute atomic E-state index is 0.225. The number of allylic oxidation sites excluding steroid dienone is 1. The lowest BCUT2D eigenvalue weighted by molar-refractivity contribution is 0.212. The van der Waals surface area contributed by atoms with Gasteiger partial charge < -0.3 is 13.5 Å². The van der Waals surface area contributed by atoms with Crippen LogP contribution in [0.25, 0.3) is 0 Å². The van der Waals surface area contributed by atoms with Crippen LogP contribution in [-0.4, -0.2) is 21.5 Å². The van der Waals surface area contributed by atoms with E-state index >= 15 is 0 Å². The van der Waals surface area contributed by atoms with Gasteiger partial charge in [0, 0.05) is 0 Å². The molecule has 148 valence electrons. The van der Waals surface area contributed by atoms with E-state index < -0.39 is 15.9 Å². The maximum atomic E-state index is 13.4. The maximum absolute atomic E-state index is 13.4. The Kier molecular flexibility index (Phi) is 9.87. The average Bonchev–Trinajstić information content (AvgIpc) is 2.54. The van der Waals surface area contributed by atoms with E-state index in [2.05, 4.69) is 38.7 Å². The van der Waals surface area contributed by atoms with Crippen LogP contribution < -0.4 is 0 Å². The van der Waals surface area contributed by atoms with E-state index in [4.69, 9.17) is 13.5 Å². The molecular weight excluding hydrogens is 363 g/mol. The van der Waals surface area contributed by atoms with Gasteiger partial charge >= 0.3 is 7.60 Å². The second-order valence-corrected chi connectivity index (χ2v) is 13.7. The fourth-order valence-electron chi connectivity index (χ4n) is 2.73. The van der Waals surface area contributed by atoms with Crippen molar-refractivity contribution in [1.82, 2.24) is 0 Å². The Hall–Kier alpha value is -0.873. The molecule has 0 saturated heterocycles. The van der Waals surface area contributed by atoms with Gasteiger partial charge in [-0.3, -0.25) is 4.57 Å². The first-order valence-electron chi connectivity index (χ1n) is 9.58. The summed E-state index contributed by atoms with van der Waals surface area (Å²) < 4.78 is 30.7. The molecule has 0 aliphatic heterocycles. The third-order valence-corrected chi connectivity index (χ3v) is 6.64. The number of hydrogen-bond acceptors (Lipinski definition) is 4. The fourth-order valence-corrected chi connectivity index (χ4v) is 6.10.